The van der Waals surface area contributed by atoms with Crippen LogP contribution in [0.2, 0.25) is 0 Å². The second-order valence-electron chi connectivity index (χ2n) is 6.80. The molecule has 0 spiro atoms. The van der Waals surface area contributed by atoms with Crippen molar-refractivity contribution in [2.24, 2.45) is 0 Å². The Hall–Kier alpha value is -1.39. The summed E-state index contributed by atoms with van der Waals surface area (Å²) in [5.41, 5.74) is 2.72. The minimum absolute atomic E-state index is 0.337. The van der Waals surface area contributed by atoms with Gasteiger partial charge in [0.15, 0.2) is 0 Å². The molecule has 0 radical (unpaired) electrons. The highest BCUT2D eigenvalue weighted by molar-refractivity contribution is 7.71. The molecule has 1 fully saturated rings. The molecule has 0 nitrogen and oxygen atoms in total. The normalized spacial score (nSPS) is 21.4. The summed E-state index contributed by atoms with van der Waals surface area (Å²) in [6, 6.07) is 19.8. The van der Waals surface area contributed by atoms with Crippen LogP contribution in [0.15, 0.2) is 66.5 Å². The van der Waals surface area contributed by atoms with Gasteiger partial charge >= 0.3 is 0 Å². The molecule has 0 amide bonds. The van der Waals surface area contributed by atoms with E-state index in [-0.39, 0.29) is 7.92 Å². The molecule has 0 saturated carbocycles. The molecule has 1 aliphatic rings. The second-order valence-corrected chi connectivity index (χ2v) is 9.80. The predicted molar refractivity (Wildman–Crippen MR) is 100 cm³/mol. The summed E-state index contributed by atoms with van der Waals surface area (Å²) >= 11 is 0. The van der Waals surface area contributed by atoms with Crippen LogP contribution >= 0.6 is 7.92 Å². The van der Waals surface area contributed by atoms with Crippen LogP contribution in [0.3, 0.4) is 0 Å². The molecule has 114 valence electrons. The van der Waals surface area contributed by atoms with Crippen molar-refractivity contribution in [3.63, 3.8) is 0 Å². The Bertz CT molecular complexity index is 655. The van der Waals surface area contributed by atoms with E-state index in [2.05, 4.69) is 75.0 Å². The Balaban J connectivity index is 2.13. The van der Waals surface area contributed by atoms with E-state index in [0.29, 0.717) is 5.16 Å². The van der Waals surface area contributed by atoms with Crippen LogP contribution in [0, 0.1) is 0 Å². The van der Waals surface area contributed by atoms with Gasteiger partial charge < -0.3 is 0 Å². The van der Waals surface area contributed by atoms with Gasteiger partial charge in [-0.15, -0.1) is 0 Å². The summed E-state index contributed by atoms with van der Waals surface area (Å²) in [5, 5.41) is 3.33. The molecule has 1 heterocycles. The number of rotatable bonds is 2. The summed E-state index contributed by atoms with van der Waals surface area (Å²) < 4.78 is 0. The molecule has 3 rings (SSSR count). The highest BCUT2D eigenvalue weighted by Crippen LogP contribution is 2.60. The summed E-state index contributed by atoms with van der Waals surface area (Å²) in [4.78, 5) is 0. The van der Waals surface area contributed by atoms with E-state index in [1.165, 1.54) is 47.4 Å². The van der Waals surface area contributed by atoms with Crippen LogP contribution in [0.25, 0.3) is 11.1 Å². The zero-order chi connectivity index (χ0) is 15.6. The third kappa shape index (κ3) is 3.03. The van der Waals surface area contributed by atoms with Gasteiger partial charge in [0.2, 0.25) is 0 Å². The Labute approximate surface area is 136 Å². The van der Waals surface area contributed by atoms with Crippen LogP contribution in [0.1, 0.15) is 39.5 Å². The lowest BCUT2D eigenvalue weighted by Crippen LogP contribution is -2.23. The molecule has 2 aromatic carbocycles. The van der Waals surface area contributed by atoms with E-state index >= 15 is 0 Å². The molecular weight excluding hydrogens is 283 g/mol. The fraction of sp³-hybridized carbons (Fsp3) is 0.333. The SMILES string of the molecule is C=C1CCCCC(C)(C)P1c1ccccc1-c1ccccc1. The smallest absolute Gasteiger partial charge is 0.00739 e. The molecule has 1 atom stereocenters. The van der Waals surface area contributed by atoms with Crippen molar-refractivity contribution in [2.45, 2.75) is 44.7 Å². The van der Waals surface area contributed by atoms with Crippen molar-refractivity contribution >= 4 is 13.2 Å². The van der Waals surface area contributed by atoms with E-state index in [4.69, 9.17) is 0 Å². The van der Waals surface area contributed by atoms with Gasteiger partial charge in [0.05, 0.1) is 0 Å². The summed E-state index contributed by atoms with van der Waals surface area (Å²) in [6.45, 7) is 9.37. The molecule has 0 aromatic heterocycles. The molecule has 1 heteroatoms. The molecule has 0 aliphatic carbocycles. The van der Waals surface area contributed by atoms with Gasteiger partial charge in [-0.05, 0) is 54.1 Å². The van der Waals surface area contributed by atoms with E-state index in [9.17, 15) is 0 Å². The number of benzene rings is 2. The molecule has 0 N–H and O–H groups in total. The van der Waals surface area contributed by atoms with Gasteiger partial charge in [0, 0.05) is 0 Å². The second kappa shape index (κ2) is 6.39. The van der Waals surface area contributed by atoms with E-state index in [1.807, 2.05) is 0 Å². The minimum atomic E-state index is -0.337. The molecule has 1 unspecified atom stereocenters. The lowest BCUT2D eigenvalue weighted by molar-refractivity contribution is 0.588. The summed E-state index contributed by atoms with van der Waals surface area (Å²) in [5.74, 6) is 0. The Morgan fingerprint density at radius 2 is 1.59 bits per heavy atom. The first-order valence-corrected chi connectivity index (χ1v) is 9.56. The van der Waals surface area contributed by atoms with E-state index in [1.54, 1.807) is 0 Å². The fourth-order valence-electron chi connectivity index (χ4n) is 3.57. The lowest BCUT2D eigenvalue weighted by atomic mass is 10.0. The van der Waals surface area contributed by atoms with Crippen LogP contribution in [0.5, 0.6) is 0 Å². The minimum Gasteiger partial charge on any atom is -0.0950 e. The third-order valence-electron chi connectivity index (χ3n) is 4.66. The van der Waals surface area contributed by atoms with Gasteiger partial charge in [-0.1, -0.05) is 81.4 Å². The molecule has 1 saturated heterocycles. The largest absolute Gasteiger partial charge is 0.0950 e. The maximum atomic E-state index is 4.49. The number of hydrogen-bond acceptors (Lipinski definition) is 0. The van der Waals surface area contributed by atoms with Crippen molar-refractivity contribution in [2.75, 3.05) is 0 Å². The van der Waals surface area contributed by atoms with Gasteiger partial charge in [-0.25, -0.2) is 0 Å². The zero-order valence-corrected chi connectivity index (χ0v) is 14.6. The van der Waals surface area contributed by atoms with Crippen LogP contribution in [-0.4, -0.2) is 5.16 Å². The topological polar surface area (TPSA) is 0 Å². The highest BCUT2D eigenvalue weighted by Gasteiger charge is 2.35. The molecule has 2 aromatic rings. The number of hydrogen-bond donors (Lipinski definition) is 0. The van der Waals surface area contributed by atoms with Crippen molar-refractivity contribution in [3.8, 4) is 11.1 Å². The van der Waals surface area contributed by atoms with Gasteiger partial charge in [0.25, 0.3) is 0 Å². The first kappa shape index (κ1) is 15.5. The molecule has 0 bridgehead atoms. The average molecular weight is 308 g/mol. The predicted octanol–water partition coefficient (Wildman–Crippen LogP) is 6.33. The standard InChI is InChI=1S/C21H25P/c1-17-11-9-10-16-21(2,3)22(17)20-15-8-7-14-19(20)18-12-5-4-6-13-18/h4-8,12-15H,1,9-11,16H2,2-3H3. The third-order valence-corrected chi connectivity index (χ3v) is 7.82. The first-order chi connectivity index (χ1) is 10.6. The quantitative estimate of drug-likeness (QED) is 0.569. The summed E-state index contributed by atoms with van der Waals surface area (Å²) in [6.07, 6.45) is 5.13. The fourth-order valence-corrected chi connectivity index (χ4v) is 6.86. The van der Waals surface area contributed by atoms with Crippen LogP contribution in [0.4, 0.5) is 0 Å². The number of allylic oxidation sites excluding steroid dienone is 1. The van der Waals surface area contributed by atoms with E-state index < -0.39 is 0 Å². The van der Waals surface area contributed by atoms with Crippen molar-refractivity contribution in [1.82, 2.24) is 0 Å². The Morgan fingerprint density at radius 3 is 2.36 bits per heavy atom. The molecule has 1 aliphatic heterocycles. The van der Waals surface area contributed by atoms with E-state index in [0.717, 1.165) is 0 Å². The van der Waals surface area contributed by atoms with Gasteiger partial charge in [0.1, 0.15) is 0 Å². The average Bonchev–Trinajstić information content (AvgIpc) is 2.66. The first-order valence-electron chi connectivity index (χ1n) is 8.22. The molecule has 22 heavy (non-hydrogen) atoms. The maximum absolute atomic E-state index is 4.49. The Morgan fingerprint density at radius 1 is 0.909 bits per heavy atom. The summed E-state index contributed by atoms with van der Waals surface area (Å²) in [7, 11) is -0.337. The lowest BCUT2D eigenvalue weighted by Gasteiger charge is -2.36. The zero-order valence-electron chi connectivity index (χ0n) is 13.7. The Kier molecular flexibility index (Phi) is 4.50. The van der Waals surface area contributed by atoms with Crippen LogP contribution in [-0.2, 0) is 0 Å². The van der Waals surface area contributed by atoms with Gasteiger partial charge in [-0.2, -0.15) is 0 Å². The highest BCUT2D eigenvalue weighted by atomic mass is 31.1. The molecular formula is C21H25P. The maximum Gasteiger partial charge on any atom is -0.00739 e. The monoisotopic (exact) mass is 308 g/mol. The van der Waals surface area contributed by atoms with Crippen molar-refractivity contribution in [1.29, 1.82) is 0 Å². The van der Waals surface area contributed by atoms with Gasteiger partial charge in [-0.3, -0.25) is 0 Å². The van der Waals surface area contributed by atoms with Crippen LogP contribution < -0.4 is 5.30 Å². The van der Waals surface area contributed by atoms with Crippen molar-refractivity contribution < 1.29 is 0 Å². The van der Waals surface area contributed by atoms with Crippen molar-refractivity contribution in [3.05, 3.63) is 66.5 Å².